The van der Waals surface area contributed by atoms with E-state index < -0.39 is 0 Å². The minimum absolute atomic E-state index is 0.456. The maximum atomic E-state index is 5.39. The maximum absolute atomic E-state index is 5.39. The van der Waals surface area contributed by atoms with Crippen LogP contribution >= 0.6 is 0 Å². The molecule has 0 radical (unpaired) electrons. The Balaban J connectivity index is 1.79. The van der Waals surface area contributed by atoms with Crippen molar-refractivity contribution < 1.29 is 4.74 Å². The van der Waals surface area contributed by atoms with Gasteiger partial charge in [0.05, 0.1) is 25.2 Å². The highest BCUT2D eigenvalue weighted by atomic mass is 16.5. The molecule has 1 aliphatic heterocycles. The summed E-state index contributed by atoms with van der Waals surface area (Å²) in [5.74, 6) is 0. The molecule has 1 fully saturated rings. The number of rotatable bonds is 5. The second kappa shape index (κ2) is 6.31. The lowest BCUT2D eigenvalue weighted by Crippen LogP contribution is -2.50. The largest absolute Gasteiger partial charge is 0.379 e. The van der Waals surface area contributed by atoms with Gasteiger partial charge in [0, 0.05) is 45.0 Å². The van der Waals surface area contributed by atoms with E-state index >= 15 is 0 Å². The SMILES string of the molecule is C[C@H]([C@@H](C)NCc1cncn1C)N1CCOCC1. The topological polar surface area (TPSA) is 42.3 Å². The molecule has 2 rings (SSSR count). The molecular weight excluding hydrogens is 228 g/mol. The molecule has 1 aromatic heterocycles. The van der Waals surface area contributed by atoms with Crippen molar-refractivity contribution in [2.45, 2.75) is 32.5 Å². The third kappa shape index (κ3) is 3.31. The Bertz CT molecular complexity index is 360. The molecule has 0 saturated carbocycles. The standard InChI is InChI=1S/C13H24N4O/c1-11(12(2)17-4-6-18-7-5-17)15-9-13-8-14-10-16(13)3/h8,10-12,15H,4-7,9H2,1-3H3/t11-,12-/m1/s1. The van der Waals surface area contributed by atoms with Crippen molar-refractivity contribution >= 4 is 0 Å². The summed E-state index contributed by atoms with van der Waals surface area (Å²) in [5, 5.41) is 3.58. The van der Waals surface area contributed by atoms with Gasteiger partial charge in [-0.25, -0.2) is 4.98 Å². The van der Waals surface area contributed by atoms with Crippen molar-refractivity contribution in [1.29, 1.82) is 0 Å². The van der Waals surface area contributed by atoms with Gasteiger partial charge in [-0.05, 0) is 13.8 Å². The molecule has 5 nitrogen and oxygen atoms in total. The minimum Gasteiger partial charge on any atom is -0.379 e. The number of nitrogens with zero attached hydrogens (tertiary/aromatic N) is 3. The number of hydrogen-bond donors (Lipinski definition) is 1. The van der Waals surface area contributed by atoms with E-state index in [0.29, 0.717) is 12.1 Å². The van der Waals surface area contributed by atoms with Gasteiger partial charge in [0.25, 0.3) is 0 Å². The predicted molar refractivity (Wildman–Crippen MR) is 71.4 cm³/mol. The Morgan fingerprint density at radius 3 is 2.72 bits per heavy atom. The van der Waals surface area contributed by atoms with Crippen LogP contribution in [0.25, 0.3) is 0 Å². The number of ether oxygens (including phenoxy) is 1. The molecule has 1 N–H and O–H groups in total. The van der Waals surface area contributed by atoms with E-state index in [1.54, 1.807) is 0 Å². The summed E-state index contributed by atoms with van der Waals surface area (Å²) in [6.45, 7) is 9.20. The Morgan fingerprint density at radius 2 is 2.11 bits per heavy atom. The average molecular weight is 252 g/mol. The van der Waals surface area contributed by atoms with Crippen LogP contribution in [-0.2, 0) is 18.3 Å². The van der Waals surface area contributed by atoms with Crippen LogP contribution in [0.4, 0.5) is 0 Å². The summed E-state index contributed by atoms with van der Waals surface area (Å²) in [6, 6.07) is 0.986. The Labute approximate surface area is 109 Å². The average Bonchev–Trinajstić information content (AvgIpc) is 2.81. The fraction of sp³-hybridized carbons (Fsp3) is 0.769. The quantitative estimate of drug-likeness (QED) is 0.834. The van der Waals surface area contributed by atoms with E-state index in [2.05, 4.69) is 33.6 Å². The van der Waals surface area contributed by atoms with Crippen molar-refractivity contribution in [3.05, 3.63) is 18.2 Å². The maximum Gasteiger partial charge on any atom is 0.0945 e. The first-order chi connectivity index (χ1) is 8.68. The molecule has 102 valence electrons. The van der Waals surface area contributed by atoms with E-state index in [0.717, 1.165) is 32.8 Å². The number of aryl methyl sites for hydroxylation is 1. The molecule has 2 atom stereocenters. The predicted octanol–water partition coefficient (Wildman–Crippen LogP) is 0.619. The monoisotopic (exact) mass is 252 g/mol. The molecule has 5 heteroatoms. The lowest BCUT2D eigenvalue weighted by molar-refractivity contribution is 0.0135. The highest BCUT2D eigenvalue weighted by Gasteiger charge is 2.21. The van der Waals surface area contributed by atoms with Crippen molar-refractivity contribution in [2.75, 3.05) is 26.3 Å². The van der Waals surface area contributed by atoms with Gasteiger partial charge in [0.2, 0.25) is 0 Å². The van der Waals surface area contributed by atoms with Crippen LogP contribution in [0.3, 0.4) is 0 Å². The minimum atomic E-state index is 0.456. The van der Waals surface area contributed by atoms with Gasteiger partial charge < -0.3 is 14.6 Å². The molecule has 0 unspecified atom stereocenters. The van der Waals surface area contributed by atoms with Crippen molar-refractivity contribution in [1.82, 2.24) is 19.8 Å². The van der Waals surface area contributed by atoms with Gasteiger partial charge >= 0.3 is 0 Å². The fourth-order valence-electron chi connectivity index (χ4n) is 2.29. The Morgan fingerprint density at radius 1 is 1.39 bits per heavy atom. The molecular formula is C13H24N4O. The van der Waals surface area contributed by atoms with Crippen LogP contribution < -0.4 is 5.32 Å². The van der Waals surface area contributed by atoms with E-state index in [1.165, 1.54) is 5.69 Å². The summed E-state index contributed by atoms with van der Waals surface area (Å²) >= 11 is 0. The zero-order chi connectivity index (χ0) is 13.0. The molecule has 1 aromatic rings. The van der Waals surface area contributed by atoms with E-state index in [-0.39, 0.29) is 0 Å². The number of hydrogen-bond acceptors (Lipinski definition) is 4. The second-order valence-corrected chi connectivity index (χ2v) is 5.05. The van der Waals surface area contributed by atoms with Crippen molar-refractivity contribution in [3.8, 4) is 0 Å². The van der Waals surface area contributed by atoms with E-state index in [1.807, 2.05) is 19.6 Å². The Kier molecular flexibility index (Phi) is 4.74. The summed E-state index contributed by atoms with van der Waals surface area (Å²) in [4.78, 5) is 6.62. The summed E-state index contributed by atoms with van der Waals surface area (Å²) in [6.07, 6.45) is 3.76. The first-order valence-corrected chi connectivity index (χ1v) is 6.69. The van der Waals surface area contributed by atoms with Crippen LogP contribution in [-0.4, -0.2) is 52.8 Å². The van der Waals surface area contributed by atoms with Crippen LogP contribution in [0.15, 0.2) is 12.5 Å². The van der Waals surface area contributed by atoms with Gasteiger partial charge in [-0.2, -0.15) is 0 Å². The molecule has 18 heavy (non-hydrogen) atoms. The zero-order valence-corrected chi connectivity index (χ0v) is 11.6. The normalized spacial score (nSPS) is 20.8. The third-order valence-electron chi connectivity index (χ3n) is 3.87. The number of nitrogens with one attached hydrogen (secondary N) is 1. The van der Waals surface area contributed by atoms with Gasteiger partial charge in [-0.15, -0.1) is 0 Å². The van der Waals surface area contributed by atoms with Crippen molar-refractivity contribution in [2.24, 2.45) is 7.05 Å². The molecule has 0 aromatic carbocycles. The van der Waals surface area contributed by atoms with Gasteiger partial charge in [-0.1, -0.05) is 0 Å². The van der Waals surface area contributed by atoms with Gasteiger partial charge in [0.1, 0.15) is 0 Å². The van der Waals surface area contributed by atoms with Crippen molar-refractivity contribution in [3.63, 3.8) is 0 Å². The summed E-state index contributed by atoms with van der Waals surface area (Å²) in [7, 11) is 2.03. The second-order valence-electron chi connectivity index (χ2n) is 5.05. The van der Waals surface area contributed by atoms with Crippen LogP contribution in [0, 0.1) is 0 Å². The van der Waals surface area contributed by atoms with Gasteiger partial charge in [0.15, 0.2) is 0 Å². The molecule has 0 aliphatic carbocycles. The zero-order valence-electron chi connectivity index (χ0n) is 11.6. The first kappa shape index (κ1) is 13.5. The molecule has 1 saturated heterocycles. The van der Waals surface area contributed by atoms with Crippen LogP contribution in [0.5, 0.6) is 0 Å². The number of imidazole rings is 1. The Hall–Kier alpha value is -0.910. The van der Waals surface area contributed by atoms with E-state index in [4.69, 9.17) is 4.74 Å². The molecule has 2 heterocycles. The highest BCUT2D eigenvalue weighted by molar-refractivity contribution is 4.97. The summed E-state index contributed by atoms with van der Waals surface area (Å²) in [5.41, 5.74) is 1.22. The first-order valence-electron chi connectivity index (χ1n) is 6.69. The number of aromatic nitrogens is 2. The molecule has 1 aliphatic rings. The van der Waals surface area contributed by atoms with Crippen LogP contribution in [0.2, 0.25) is 0 Å². The van der Waals surface area contributed by atoms with Gasteiger partial charge in [-0.3, -0.25) is 4.90 Å². The highest BCUT2D eigenvalue weighted by Crippen LogP contribution is 2.08. The van der Waals surface area contributed by atoms with Crippen LogP contribution in [0.1, 0.15) is 19.5 Å². The fourth-order valence-corrected chi connectivity index (χ4v) is 2.29. The number of morpholine rings is 1. The molecule has 0 spiro atoms. The third-order valence-corrected chi connectivity index (χ3v) is 3.87. The lowest BCUT2D eigenvalue weighted by Gasteiger charge is -2.36. The molecule has 0 amide bonds. The summed E-state index contributed by atoms with van der Waals surface area (Å²) < 4.78 is 7.45. The van der Waals surface area contributed by atoms with E-state index in [9.17, 15) is 0 Å². The molecule has 0 bridgehead atoms. The lowest BCUT2D eigenvalue weighted by atomic mass is 10.1. The smallest absolute Gasteiger partial charge is 0.0945 e.